The topological polar surface area (TPSA) is 41.5 Å². The Morgan fingerprint density at radius 2 is 1.88 bits per heavy atom. The van der Waals surface area contributed by atoms with Gasteiger partial charge in [-0.3, -0.25) is 0 Å². The largest absolute Gasteiger partial charge is 0.537 e. The molecule has 0 fully saturated rings. The highest BCUT2D eigenvalue weighted by Gasteiger charge is 2.18. The second kappa shape index (κ2) is 4.35. The van der Waals surface area contributed by atoms with Crippen molar-refractivity contribution in [3.63, 3.8) is 0 Å². The van der Waals surface area contributed by atoms with Crippen LogP contribution in [0.4, 0.5) is 11.4 Å². The van der Waals surface area contributed by atoms with Gasteiger partial charge in [-0.1, -0.05) is 30.0 Å². The Labute approximate surface area is 104 Å². The molecule has 17 heavy (non-hydrogen) atoms. The zero-order valence-electron chi connectivity index (χ0n) is 9.01. The molecular weight excluding hydrogens is 233 g/mol. The fraction of sp³-hybridized carbons (Fsp3) is 0. The Balaban J connectivity index is 2.05. The summed E-state index contributed by atoms with van der Waals surface area (Å²) in [5.41, 5.74) is 1.99. The summed E-state index contributed by atoms with van der Waals surface area (Å²) in [6, 6.07) is 13.9. The molecule has 0 atom stereocenters. The van der Waals surface area contributed by atoms with E-state index in [4.69, 9.17) is 9.68 Å². The second-order valence-corrected chi connectivity index (χ2v) is 4.71. The molecular formula is C12H10BNO2S. The molecule has 0 saturated carbocycles. The summed E-state index contributed by atoms with van der Waals surface area (Å²) < 4.78 is 5.20. The van der Waals surface area contributed by atoms with E-state index >= 15 is 0 Å². The fourth-order valence-corrected chi connectivity index (χ4v) is 2.83. The SMILES string of the molecule is OBOc1cccc2c1Nc1ccccc1S2. The van der Waals surface area contributed by atoms with Crippen molar-refractivity contribution in [3.8, 4) is 5.75 Å². The van der Waals surface area contributed by atoms with Gasteiger partial charge in [0.05, 0.1) is 11.4 Å². The first-order valence-corrected chi connectivity index (χ1v) is 6.11. The summed E-state index contributed by atoms with van der Waals surface area (Å²) in [7, 11) is -0.315. The van der Waals surface area contributed by atoms with Gasteiger partial charge in [-0.25, -0.2) is 0 Å². The van der Waals surface area contributed by atoms with Crippen LogP contribution >= 0.6 is 11.8 Å². The molecule has 2 aromatic rings. The third-order valence-corrected chi connectivity index (χ3v) is 3.71. The molecule has 0 spiro atoms. The van der Waals surface area contributed by atoms with Crippen molar-refractivity contribution >= 4 is 30.8 Å². The lowest BCUT2D eigenvalue weighted by Crippen LogP contribution is -2.06. The standard InChI is InChI=1S/C12H10BNO2S/c15-13-16-9-5-3-7-11-12(9)14-8-4-1-2-6-10(8)17-11/h1-7,13-15H. The van der Waals surface area contributed by atoms with E-state index in [1.165, 1.54) is 4.90 Å². The molecule has 0 amide bonds. The minimum absolute atomic E-state index is 0.315. The van der Waals surface area contributed by atoms with E-state index in [1.807, 2.05) is 36.4 Å². The zero-order valence-corrected chi connectivity index (χ0v) is 9.83. The van der Waals surface area contributed by atoms with Gasteiger partial charge in [0.15, 0.2) is 0 Å². The second-order valence-electron chi connectivity index (χ2n) is 3.63. The third kappa shape index (κ3) is 1.88. The normalized spacial score (nSPS) is 12.1. The van der Waals surface area contributed by atoms with Crippen molar-refractivity contribution in [1.29, 1.82) is 0 Å². The van der Waals surface area contributed by atoms with Crippen LogP contribution in [0.1, 0.15) is 0 Å². The Morgan fingerprint density at radius 3 is 2.76 bits per heavy atom. The summed E-state index contributed by atoms with van der Waals surface area (Å²) in [6.07, 6.45) is 0. The Morgan fingerprint density at radius 1 is 1.06 bits per heavy atom. The molecule has 0 aliphatic carbocycles. The molecule has 5 heteroatoms. The third-order valence-electron chi connectivity index (χ3n) is 2.57. The van der Waals surface area contributed by atoms with Gasteiger partial charge in [-0.15, -0.1) is 0 Å². The van der Waals surface area contributed by atoms with Gasteiger partial charge < -0.3 is 15.0 Å². The maximum atomic E-state index is 8.86. The van der Waals surface area contributed by atoms with Crippen LogP contribution in [0.5, 0.6) is 5.75 Å². The average molecular weight is 243 g/mol. The summed E-state index contributed by atoms with van der Waals surface area (Å²) in [5, 5.41) is 12.2. The lowest BCUT2D eigenvalue weighted by molar-refractivity contribution is 0.454. The Bertz CT molecular complexity index is 562. The van der Waals surface area contributed by atoms with Gasteiger partial charge in [-0.05, 0) is 24.3 Å². The number of hydrogen-bond donors (Lipinski definition) is 2. The number of rotatable bonds is 2. The number of nitrogens with one attached hydrogen (secondary N) is 1. The van der Waals surface area contributed by atoms with Crippen LogP contribution < -0.4 is 9.97 Å². The minimum atomic E-state index is -0.315. The first-order chi connectivity index (χ1) is 8.38. The first-order valence-electron chi connectivity index (χ1n) is 5.29. The number of fused-ring (bicyclic) bond motifs is 2. The van der Waals surface area contributed by atoms with E-state index in [2.05, 4.69) is 11.4 Å². The van der Waals surface area contributed by atoms with Crippen LogP contribution in [0.3, 0.4) is 0 Å². The van der Waals surface area contributed by atoms with E-state index in [1.54, 1.807) is 11.8 Å². The van der Waals surface area contributed by atoms with Crippen molar-refractivity contribution in [2.24, 2.45) is 0 Å². The monoisotopic (exact) mass is 243 g/mol. The van der Waals surface area contributed by atoms with Gasteiger partial charge in [0.1, 0.15) is 5.75 Å². The van der Waals surface area contributed by atoms with Crippen molar-refractivity contribution < 1.29 is 9.68 Å². The van der Waals surface area contributed by atoms with Crippen LogP contribution in [-0.2, 0) is 0 Å². The highest BCUT2D eigenvalue weighted by atomic mass is 32.2. The molecule has 2 aromatic carbocycles. The molecule has 0 unspecified atom stereocenters. The van der Waals surface area contributed by atoms with Crippen molar-refractivity contribution in [1.82, 2.24) is 0 Å². The van der Waals surface area contributed by atoms with Crippen LogP contribution in [0.2, 0.25) is 0 Å². The molecule has 84 valence electrons. The van der Waals surface area contributed by atoms with E-state index in [0.29, 0.717) is 5.75 Å². The summed E-state index contributed by atoms with van der Waals surface area (Å²) >= 11 is 1.70. The van der Waals surface area contributed by atoms with E-state index < -0.39 is 0 Å². The molecule has 3 nitrogen and oxygen atoms in total. The molecule has 0 aromatic heterocycles. The maximum Gasteiger partial charge on any atom is 0.504 e. The average Bonchev–Trinajstić information content (AvgIpc) is 2.37. The highest BCUT2D eigenvalue weighted by Crippen LogP contribution is 2.47. The lowest BCUT2D eigenvalue weighted by Gasteiger charge is -2.22. The predicted molar refractivity (Wildman–Crippen MR) is 70.3 cm³/mol. The molecule has 2 N–H and O–H groups in total. The summed E-state index contributed by atoms with van der Waals surface area (Å²) in [5.74, 6) is 0.673. The number of para-hydroxylation sites is 2. The molecule has 0 radical (unpaired) electrons. The summed E-state index contributed by atoms with van der Waals surface area (Å²) in [6.45, 7) is 0. The molecule has 3 rings (SSSR count). The smallest absolute Gasteiger partial charge is 0.504 e. The van der Waals surface area contributed by atoms with Gasteiger partial charge in [0, 0.05) is 9.79 Å². The number of anilines is 2. The highest BCUT2D eigenvalue weighted by molar-refractivity contribution is 7.99. The predicted octanol–water partition coefficient (Wildman–Crippen LogP) is 2.53. The molecule has 1 aliphatic heterocycles. The van der Waals surface area contributed by atoms with Crippen LogP contribution in [-0.4, -0.2) is 12.7 Å². The molecule has 0 saturated heterocycles. The summed E-state index contributed by atoms with van der Waals surface area (Å²) in [4.78, 5) is 2.30. The molecule has 1 heterocycles. The van der Waals surface area contributed by atoms with Crippen molar-refractivity contribution in [2.75, 3.05) is 5.32 Å². The Kier molecular flexibility index (Phi) is 2.70. The fourth-order valence-electron chi connectivity index (χ4n) is 1.82. The van der Waals surface area contributed by atoms with Gasteiger partial charge in [0.2, 0.25) is 0 Å². The minimum Gasteiger partial charge on any atom is -0.537 e. The molecule has 0 bridgehead atoms. The zero-order chi connectivity index (χ0) is 11.7. The van der Waals surface area contributed by atoms with Crippen molar-refractivity contribution in [2.45, 2.75) is 9.79 Å². The van der Waals surface area contributed by atoms with Crippen LogP contribution in [0.15, 0.2) is 52.3 Å². The van der Waals surface area contributed by atoms with Gasteiger partial charge in [0.25, 0.3) is 0 Å². The Hall–Kier alpha value is -1.59. The van der Waals surface area contributed by atoms with Gasteiger partial charge >= 0.3 is 7.69 Å². The van der Waals surface area contributed by atoms with Crippen molar-refractivity contribution in [3.05, 3.63) is 42.5 Å². The van der Waals surface area contributed by atoms with Gasteiger partial charge in [-0.2, -0.15) is 0 Å². The number of hydrogen-bond acceptors (Lipinski definition) is 4. The van der Waals surface area contributed by atoms with E-state index in [-0.39, 0.29) is 7.69 Å². The maximum absolute atomic E-state index is 8.86. The van der Waals surface area contributed by atoms with E-state index in [9.17, 15) is 0 Å². The van der Waals surface area contributed by atoms with Crippen LogP contribution in [0.25, 0.3) is 0 Å². The number of benzene rings is 2. The lowest BCUT2D eigenvalue weighted by atomic mass is 10.2. The first kappa shape index (κ1) is 10.6. The van der Waals surface area contributed by atoms with Crippen LogP contribution in [0, 0.1) is 0 Å². The quantitative estimate of drug-likeness (QED) is 0.678. The van der Waals surface area contributed by atoms with E-state index in [0.717, 1.165) is 16.3 Å². The molecule has 1 aliphatic rings.